The molecular formula is C22H36O2. The maximum atomic E-state index is 12.2. The highest BCUT2D eigenvalue weighted by Crippen LogP contribution is 2.67. The number of ketones is 1. The van der Waals surface area contributed by atoms with Gasteiger partial charge in [0.25, 0.3) is 0 Å². The lowest BCUT2D eigenvalue weighted by atomic mass is 9.44. The fourth-order valence-corrected chi connectivity index (χ4v) is 8.18. The highest BCUT2D eigenvalue weighted by Gasteiger charge is 2.60. The van der Waals surface area contributed by atoms with Crippen molar-refractivity contribution in [2.75, 3.05) is 6.61 Å². The van der Waals surface area contributed by atoms with Gasteiger partial charge in [0.15, 0.2) is 0 Å². The molecule has 1 N–H and O–H groups in total. The normalized spacial score (nSPS) is 53.8. The van der Waals surface area contributed by atoms with Gasteiger partial charge >= 0.3 is 0 Å². The molecule has 2 heteroatoms. The van der Waals surface area contributed by atoms with E-state index in [9.17, 15) is 9.90 Å². The maximum absolute atomic E-state index is 12.2. The van der Waals surface area contributed by atoms with Gasteiger partial charge in [0.1, 0.15) is 5.78 Å². The molecule has 0 radical (unpaired) electrons. The van der Waals surface area contributed by atoms with Crippen LogP contribution in [-0.4, -0.2) is 17.5 Å². The lowest BCUT2D eigenvalue weighted by Gasteiger charge is -2.61. The topological polar surface area (TPSA) is 37.3 Å². The van der Waals surface area contributed by atoms with Gasteiger partial charge in [-0.1, -0.05) is 13.8 Å². The summed E-state index contributed by atoms with van der Waals surface area (Å²) in [6, 6.07) is 0. The van der Waals surface area contributed by atoms with E-state index >= 15 is 0 Å². The van der Waals surface area contributed by atoms with Crippen molar-refractivity contribution < 1.29 is 9.90 Å². The minimum Gasteiger partial charge on any atom is -0.396 e. The Morgan fingerprint density at radius 1 is 0.958 bits per heavy atom. The monoisotopic (exact) mass is 332 g/mol. The second-order valence-corrected chi connectivity index (χ2v) is 10.3. The van der Waals surface area contributed by atoms with E-state index in [0.717, 1.165) is 30.1 Å². The Kier molecular flexibility index (Phi) is 4.14. The molecular weight excluding hydrogens is 296 g/mol. The molecule has 0 amide bonds. The summed E-state index contributed by atoms with van der Waals surface area (Å²) >= 11 is 0. The van der Waals surface area contributed by atoms with Crippen LogP contribution >= 0.6 is 0 Å². The highest BCUT2D eigenvalue weighted by atomic mass is 16.3. The molecule has 0 bridgehead atoms. The average Bonchev–Trinajstić information content (AvgIpc) is 2.91. The van der Waals surface area contributed by atoms with Gasteiger partial charge in [0.2, 0.25) is 0 Å². The molecule has 4 aliphatic rings. The fourth-order valence-electron chi connectivity index (χ4n) is 8.18. The molecule has 24 heavy (non-hydrogen) atoms. The van der Waals surface area contributed by atoms with E-state index in [4.69, 9.17) is 0 Å². The molecule has 0 heterocycles. The van der Waals surface area contributed by atoms with Crippen LogP contribution in [0.4, 0.5) is 0 Å². The van der Waals surface area contributed by atoms with Crippen LogP contribution in [0.2, 0.25) is 0 Å². The Bertz CT molecular complexity index is 514. The molecule has 2 nitrogen and oxygen atoms in total. The number of carbonyl (C=O) groups excluding carboxylic acids is 1. The Morgan fingerprint density at radius 3 is 2.38 bits per heavy atom. The first-order valence-corrected chi connectivity index (χ1v) is 10.5. The largest absolute Gasteiger partial charge is 0.396 e. The van der Waals surface area contributed by atoms with Crippen LogP contribution in [0.1, 0.15) is 78.6 Å². The molecule has 0 aromatic heterocycles. The number of Topliss-reactive ketones (excluding diaryl/α,β-unsaturated/α-hetero) is 1. The molecule has 4 rings (SSSR count). The molecule has 0 aliphatic heterocycles. The smallest absolute Gasteiger partial charge is 0.133 e. The lowest BCUT2D eigenvalue weighted by Crippen LogP contribution is -2.54. The summed E-state index contributed by atoms with van der Waals surface area (Å²) in [5.41, 5.74) is 0.794. The predicted octanol–water partition coefficient (Wildman–Crippen LogP) is 4.84. The van der Waals surface area contributed by atoms with Crippen molar-refractivity contribution in [1.29, 1.82) is 0 Å². The second-order valence-electron chi connectivity index (χ2n) is 10.3. The van der Waals surface area contributed by atoms with E-state index in [1.165, 1.54) is 51.4 Å². The zero-order chi connectivity index (χ0) is 17.1. The van der Waals surface area contributed by atoms with Crippen molar-refractivity contribution in [2.45, 2.75) is 78.6 Å². The first-order chi connectivity index (χ1) is 11.4. The molecule has 8 atom stereocenters. The first-order valence-electron chi connectivity index (χ1n) is 10.5. The minimum atomic E-state index is 0.290. The van der Waals surface area contributed by atoms with Gasteiger partial charge in [-0.05, 0) is 105 Å². The van der Waals surface area contributed by atoms with Gasteiger partial charge < -0.3 is 5.11 Å². The first kappa shape index (κ1) is 17.1. The van der Waals surface area contributed by atoms with Crippen LogP contribution in [0.5, 0.6) is 0 Å². The van der Waals surface area contributed by atoms with Crippen LogP contribution in [-0.2, 0) is 4.79 Å². The van der Waals surface area contributed by atoms with Crippen LogP contribution in [0.25, 0.3) is 0 Å². The van der Waals surface area contributed by atoms with Crippen LogP contribution in [0.15, 0.2) is 0 Å². The van der Waals surface area contributed by atoms with Crippen molar-refractivity contribution >= 4 is 5.78 Å². The van der Waals surface area contributed by atoms with Gasteiger partial charge in [-0.25, -0.2) is 0 Å². The lowest BCUT2D eigenvalue weighted by molar-refractivity contribution is -0.136. The van der Waals surface area contributed by atoms with Gasteiger partial charge in [-0.2, -0.15) is 0 Å². The molecule has 0 saturated heterocycles. The summed E-state index contributed by atoms with van der Waals surface area (Å²) in [5.74, 6) is 4.69. The Hall–Kier alpha value is -0.370. The molecule has 136 valence electrons. The Labute approximate surface area is 147 Å². The molecule has 0 aromatic carbocycles. The van der Waals surface area contributed by atoms with Crippen LogP contribution in [0, 0.1) is 46.3 Å². The zero-order valence-corrected chi connectivity index (χ0v) is 15.9. The summed E-state index contributed by atoms with van der Waals surface area (Å²) in [6.07, 6.45) is 11.6. The highest BCUT2D eigenvalue weighted by molar-refractivity contribution is 5.79. The SMILES string of the molecule is CC(=O)C1CCC2C3CCC4CC(CO)CCC4(C)C3CCC12C. The van der Waals surface area contributed by atoms with Crippen molar-refractivity contribution in [3.63, 3.8) is 0 Å². The summed E-state index contributed by atoms with van der Waals surface area (Å²) in [4.78, 5) is 12.2. The van der Waals surface area contributed by atoms with Gasteiger partial charge in [0, 0.05) is 12.5 Å². The van der Waals surface area contributed by atoms with Crippen molar-refractivity contribution in [3.05, 3.63) is 0 Å². The fraction of sp³-hybridized carbons (Fsp3) is 0.955. The number of carbonyl (C=O) groups is 1. The number of aliphatic hydroxyl groups is 1. The summed E-state index contributed by atoms with van der Waals surface area (Å²) in [6.45, 7) is 7.26. The van der Waals surface area contributed by atoms with Crippen LogP contribution in [0.3, 0.4) is 0 Å². The second kappa shape index (κ2) is 5.83. The molecule has 4 saturated carbocycles. The number of hydrogen-bond donors (Lipinski definition) is 1. The predicted molar refractivity (Wildman–Crippen MR) is 96.5 cm³/mol. The van der Waals surface area contributed by atoms with Gasteiger partial charge in [-0.3, -0.25) is 4.79 Å². The van der Waals surface area contributed by atoms with Crippen LogP contribution < -0.4 is 0 Å². The average molecular weight is 333 g/mol. The summed E-state index contributed by atoms with van der Waals surface area (Å²) in [5, 5.41) is 9.60. The van der Waals surface area contributed by atoms with E-state index < -0.39 is 0 Å². The maximum Gasteiger partial charge on any atom is 0.133 e. The van der Waals surface area contributed by atoms with Gasteiger partial charge in [0.05, 0.1) is 0 Å². The number of fused-ring (bicyclic) bond motifs is 5. The Balaban J connectivity index is 1.59. The van der Waals surface area contributed by atoms with E-state index in [1.807, 2.05) is 6.92 Å². The van der Waals surface area contributed by atoms with E-state index in [1.54, 1.807) is 0 Å². The number of hydrogen-bond acceptors (Lipinski definition) is 2. The molecule has 0 spiro atoms. The zero-order valence-electron chi connectivity index (χ0n) is 15.9. The molecule has 0 aromatic rings. The summed E-state index contributed by atoms with van der Waals surface area (Å²) in [7, 11) is 0. The third-order valence-corrected chi connectivity index (χ3v) is 9.52. The quantitative estimate of drug-likeness (QED) is 0.785. The standard InChI is InChI=1S/C22H36O2/c1-14(24)18-6-7-19-17-5-4-16-12-15(13-23)8-10-21(16,2)20(17)9-11-22(18,19)3/h15-20,23H,4-13H2,1-3H3. The van der Waals surface area contributed by atoms with Crippen molar-refractivity contribution in [3.8, 4) is 0 Å². The number of rotatable bonds is 2. The van der Waals surface area contributed by atoms with E-state index in [0.29, 0.717) is 35.1 Å². The minimum absolute atomic E-state index is 0.290. The third kappa shape index (κ3) is 2.27. The number of aliphatic hydroxyl groups excluding tert-OH is 1. The van der Waals surface area contributed by atoms with Gasteiger partial charge in [-0.15, -0.1) is 0 Å². The molecule has 8 unspecified atom stereocenters. The van der Waals surface area contributed by atoms with E-state index in [-0.39, 0.29) is 0 Å². The van der Waals surface area contributed by atoms with E-state index in [2.05, 4.69) is 13.8 Å². The molecule has 4 fully saturated rings. The third-order valence-electron chi connectivity index (χ3n) is 9.52. The molecule has 4 aliphatic carbocycles. The Morgan fingerprint density at radius 2 is 1.67 bits per heavy atom. The summed E-state index contributed by atoms with van der Waals surface area (Å²) < 4.78 is 0. The van der Waals surface area contributed by atoms with Crippen molar-refractivity contribution in [1.82, 2.24) is 0 Å². The van der Waals surface area contributed by atoms with Crippen molar-refractivity contribution in [2.24, 2.45) is 46.3 Å².